The minimum Gasteiger partial charge on any atom is -0.481 e. The molecule has 0 unspecified atom stereocenters. The molecule has 0 radical (unpaired) electrons. The van der Waals surface area contributed by atoms with Crippen molar-refractivity contribution in [2.24, 2.45) is 0 Å². The molecule has 6 heteroatoms. The normalized spacial score (nSPS) is 20.2. The molecule has 24 heavy (non-hydrogen) atoms. The van der Waals surface area contributed by atoms with Gasteiger partial charge in [-0.1, -0.05) is 12.1 Å². The number of carboxylic acid groups (broad SMARTS) is 1. The van der Waals surface area contributed by atoms with Gasteiger partial charge in [-0.05, 0) is 17.7 Å². The second-order valence-corrected chi connectivity index (χ2v) is 6.66. The van der Waals surface area contributed by atoms with Crippen LogP contribution in [-0.2, 0) is 11.2 Å². The summed E-state index contributed by atoms with van der Waals surface area (Å²) in [6, 6.07) is 7.96. The van der Waals surface area contributed by atoms with E-state index in [-0.39, 0.29) is 6.42 Å². The van der Waals surface area contributed by atoms with Gasteiger partial charge in [-0.15, -0.1) is 0 Å². The molecular formula is C18H28N4O2. The van der Waals surface area contributed by atoms with Crippen molar-refractivity contribution in [1.82, 2.24) is 15.1 Å². The van der Waals surface area contributed by atoms with E-state index < -0.39 is 5.97 Å². The zero-order valence-corrected chi connectivity index (χ0v) is 14.3. The van der Waals surface area contributed by atoms with Gasteiger partial charge in [0, 0.05) is 71.1 Å². The average molecular weight is 332 g/mol. The van der Waals surface area contributed by atoms with Crippen LogP contribution in [0.1, 0.15) is 5.56 Å². The van der Waals surface area contributed by atoms with E-state index in [1.807, 2.05) is 12.1 Å². The number of aliphatic carboxylic acids is 1. The van der Waals surface area contributed by atoms with E-state index >= 15 is 0 Å². The van der Waals surface area contributed by atoms with Crippen LogP contribution in [0.3, 0.4) is 0 Å². The van der Waals surface area contributed by atoms with Gasteiger partial charge in [0.2, 0.25) is 0 Å². The van der Waals surface area contributed by atoms with Crippen LogP contribution in [0, 0.1) is 0 Å². The fourth-order valence-corrected chi connectivity index (χ4v) is 3.45. The van der Waals surface area contributed by atoms with Gasteiger partial charge < -0.3 is 15.3 Å². The summed E-state index contributed by atoms with van der Waals surface area (Å²) < 4.78 is 0. The van der Waals surface area contributed by atoms with Crippen molar-refractivity contribution in [3.8, 4) is 0 Å². The summed E-state index contributed by atoms with van der Waals surface area (Å²) in [6.45, 7) is 11.2. The van der Waals surface area contributed by atoms with Crippen LogP contribution in [0.2, 0.25) is 0 Å². The van der Waals surface area contributed by atoms with Crippen molar-refractivity contribution in [3.63, 3.8) is 0 Å². The lowest BCUT2D eigenvalue weighted by Crippen LogP contribution is -2.50. The molecule has 2 aliphatic rings. The fourth-order valence-electron chi connectivity index (χ4n) is 3.45. The molecule has 0 aliphatic carbocycles. The van der Waals surface area contributed by atoms with Gasteiger partial charge in [-0.25, -0.2) is 0 Å². The molecule has 2 saturated heterocycles. The summed E-state index contributed by atoms with van der Waals surface area (Å²) in [5.41, 5.74) is 2.06. The van der Waals surface area contributed by atoms with Crippen molar-refractivity contribution < 1.29 is 9.90 Å². The molecule has 0 atom stereocenters. The number of carbonyl (C=O) groups is 1. The Morgan fingerprint density at radius 1 is 0.917 bits per heavy atom. The molecule has 0 bridgehead atoms. The summed E-state index contributed by atoms with van der Waals surface area (Å²) in [6.07, 6.45) is 0.0973. The van der Waals surface area contributed by atoms with Crippen LogP contribution in [0.4, 0.5) is 5.69 Å². The van der Waals surface area contributed by atoms with Crippen molar-refractivity contribution in [2.45, 2.75) is 6.42 Å². The first-order valence-electron chi connectivity index (χ1n) is 8.92. The molecule has 2 N–H and O–H groups in total. The maximum atomic E-state index is 10.7. The largest absolute Gasteiger partial charge is 0.481 e. The molecule has 0 amide bonds. The smallest absolute Gasteiger partial charge is 0.307 e. The van der Waals surface area contributed by atoms with E-state index in [1.54, 1.807) is 0 Å². The van der Waals surface area contributed by atoms with Gasteiger partial charge in [0.1, 0.15) is 0 Å². The first-order chi connectivity index (χ1) is 11.7. The molecule has 0 aromatic heterocycles. The van der Waals surface area contributed by atoms with Gasteiger partial charge in [0.05, 0.1) is 6.42 Å². The Morgan fingerprint density at radius 2 is 1.50 bits per heavy atom. The zero-order valence-electron chi connectivity index (χ0n) is 14.3. The second-order valence-electron chi connectivity index (χ2n) is 6.66. The van der Waals surface area contributed by atoms with Crippen LogP contribution in [0.15, 0.2) is 24.3 Å². The molecule has 132 valence electrons. The van der Waals surface area contributed by atoms with E-state index in [4.69, 9.17) is 5.11 Å². The monoisotopic (exact) mass is 332 g/mol. The Bertz CT molecular complexity index is 520. The number of nitrogens with zero attached hydrogens (tertiary/aromatic N) is 3. The highest BCUT2D eigenvalue weighted by molar-refractivity contribution is 5.70. The molecule has 0 spiro atoms. The quantitative estimate of drug-likeness (QED) is 0.784. The van der Waals surface area contributed by atoms with Gasteiger partial charge in [0.25, 0.3) is 0 Å². The average Bonchev–Trinajstić information content (AvgIpc) is 2.62. The SMILES string of the molecule is O=C(O)Cc1ccc(N2CCN(CCN3CCNCC3)CC2)cc1. The van der Waals surface area contributed by atoms with Crippen LogP contribution in [0.25, 0.3) is 0 Å². The molecule has 2 heterocycles. The number of carboxylic acids is 1. The lowest BCUT2D eigenvalue weighted by atomic mass is 10.1. The molecule has 2 fully saturated rings. The zero-order chi connectivity index (χ0) is 16.8. The highest BCUT2D eigenvalue weighted by Crippen LogP contribution is 2.17. The van der Waals surface area contributed by atoms with E-state index in [1.165, 1.54) is 25.3 Å². The highest BCUT2D eigenvalue weighted by atomic mass is 16.4. The maximum absolute atomic E-state index is 10.7. The summed E-state index contributed by atoms with van der Waals surface area (Å²) in [7, 11) is 0. The topological polar surface area (TPSA) is 59.1 Å². The van der Waals surface area contributed by atoms with Gasteiger partial charge in [-0.2, -0.15) is 0 Å². The third kappa shape index (κ3) is 4.93. The molecule has 1 aromatic carbocycles. The van der Waals surface area contributed by atoms with Crippen molar-refractivity contribution in [1.29, 1.82) is 0 Å². The number of piperazine rings is 2. The van der Waals surface area contributed by atoms with Crippen LogP contribution in [0.5, 0.6) is 0 Å². The molecule has 2 aliphatic heterocycles. The van der Waals surface area contributed by atoms with Crippen molar-refractivity contribution >= 4 is 11.7 Å². The first-order valence-corrected chi connectivity index (χ1v) is 8.92. The predicted octanol–water partition coefficient (Wildman–Crippen LogP) is 0.341. The summed E-state index contributed by atoms with van der Waals surface area (Å²) >= 11 is 0. The third-order valence-electron chi connectivity index (χ3n) is 4.97. The van der Waals surface area contributed by atoms with Crippen LogP contribution >= 0.6 is 0 Å². The number of benzene rings is 1. The Labute approximate surface area is 144 Å². The Hall–Kier alpha value is -1.63. The highest BCUT2D eigenvalue weighted by Gasteiger charge is 2.18. The molecule has 3 rings (SSSR count). The molecule has 0 saturated carbocycles. The van der Waals surface area contributed by atoms with E-state index in [2.05, 4.69) is 32.1 Å². The Kier molecular flexibility index (Phi) is 6.07. The van der Waals surface area contributed by atoms with Crippen molar-refractivity contribution in [2.75, 3.05) is 70.3 Å². The maximum Gasteiger partial charge on any atom is 0.307 e. The van der Waals surface area contributed by atoms with Gasteiger partial charge in [0.15, 0.2) is 0 Å². The number of nitrogens with one attached hydrogen (secondary N) is 1. The lowest BCUT2D eigenvalue weighted by Gasteiger charge is -2.37. The molecule has 6 nitrogen and oxygen atoms in total. The standard InChI is InChI=1S/C18H28N4O2/c23-18(24)15-16-1-3-17(4-2-16)22-13-11-21(12-14-22)10-9-20-7-5-19-6-8-20/h1-4,19H,5-15H2,(H,23,24). The minimum absolute atomic E-state index is 0.0973. The molecule has 1 aromatic rings. The Morgan fingerprint density at radius 3 is 2.08 bits per heavy atom. The number of rotatable bonds is 6. The van der Waals surface area contributed by atoms with Gasteiger partial charge >= 0.3 is 5.97 Å². The van der Waals surface area contributed by atoms with Crippen LogP contribution < -0.4 is 10.2 Å². The lowest BCUT2D eigenvalue weighted by molar-refractivity contribution is -0.136. The third-order valence-corrected chi connectivity index (χ3v) is 4.97. The van der Waals surface area contributed by atoms with E-state index in [0.29, 0.717) is 0 Å². The summed E-state index contributed by atoms with van der Waals surface area (Å²) in [4.78, 5) is 18.2. The predicted molar refractivity (Wildman–Crippen MR) is 95.7 cm³/mol. The molecular weight excluding hydrogens is 304 g/mol. The number of anilines is 1. The first kappa shape index (κ1) is 17.2. The summed E-state index contributed by atoms with van der Waals surface area (Å²) in [5.74, 6) is -0.777. The van der Waals surface area contributed by atoms with E-state index in [9.17, 15) is 4.79 Å². The van der Waals surface area contributed by atoms with Crippen molar-refractivity contribution in [3.05, 3.63) is 29.8 Å². The summed E-state index contributed by atoms with van der Waals surface area (Å²) in [5, 5.41) is 12.2. The number of hydrogen-bond acceptors (Lipinski definition) is 5. The Balaban J connectivity index is 1.42. The van der Waals surface area contributed by atoms with E-state index in [0.717, 1.165) is 51.4 Å². The minimum atomic E-state index is -0.777. The fraction of sp³-hybridized carbons (Fsp3) is 0.611. The number of hydrogen-bond donors (Lipinski definition) is 2. The second kappa shape index (κ2) is 8.46. The van der Waals surface area contributed by atoms with Gasteiger partial charge in [-0.3, -0.25) is 14.6 Å². The van der Waals surface area contributed by atoms with Crippen LogP contribution in [-0.4, -0.2) is 86.3 Å².